The molecule has 7 heteroatoms. The Labute approximate surface area is 150 Å². The van der Waals surface area contributed by atoms with Gasteiger partial charge in [-0.05, 0) is 30.2 Å². The van der Waals surface area contributed by atoms with Crippen molar-refractivity contribution in [2.75, 3.05) is 11.9 Å². The summed E-state index contributed by atoms with van der Waals surface area (Å²) in [6.45, 7) is 1.34. The van der Waals surface area contributed by atoms with Gasteiger partial charge in [0.25, 0.3) is 5.91 Å². The van der Waals surface area contributed by atoms with Crippen LogP contribution >= 0.6 is 0 Å². The Morgan fingerprint density at radius 3 is 2.54 bits per heavy atom. The first-order chi connectivity index (χ1) is 12.5. The molecule has 0 aromatic heterocycles. The number of rotatable bonds is 5. The number of carbonyl (C=O) groups excluding carboxylic acids is 3. The average molecular weight is 355 g/mol. The number of carbonyl (C=O) groups is 3. The van der Waals surface area contributed by atoms with Gasteiger partial charge in [-0.15, -0.1) is 0 Å². The number of benzene rings is 2. The van der Waals surface area contributed by atoms with Gasteiger partial charge in [-0.2, -0.15) is 0 Å². The average Bonchev–Trinajstić information content (AvgIpc) is 2.87. The Bertz CT molecular complexity index is 856. The molecule has 6 nitrogen and oxygen atoms in total. The van der Waals surface area contributed by atoms with Crippen molar-refractivity contribution in [3.63, 3.8) is 0 Å². The minimum Gasteiger partial charge on any atom is -0.324 e. The van der Waals surface area contributed by atoms with E-state index >= 15 is 0 Å². The van der Waals surface area contributed by atoms with Crippen molar-refractivity contribution in [2.45, 2.75) is 18.9 Å². The van der Waals surface area contributed by atoms with E-state index in [1.165, 1.54) is 18.2 Å². The molecule has 0 radical (unpaired) electrons. The van der Waals surface area contributed by atoms with Gasteiger partial charge >= 0.3 is 6.03 Å². The fourth-order valence-corrected chi connectivity index (χ4v) is 3.04. The molecule has 1 saturated heterocycles. The molecule has 0 spiro atoms. The van der Waals surface area contributed by atoms with Crippen LogP contribution in [0.25, 0.3) is 0 Å². The van der Waals surface area contributed by atoms with Gasteiger partial charge < -0.3 is 10.6 Å². The zero-order chi connectivity index (χ0) is 18.7. The summed E-state index contributed by atoms with van der Waals surface area (Å²) >= 11 is 0. The molecule has 0 aliphatic carbocycles. The molecule has 2 N–H and O–H groups in total. The number of amides is 4. The SMILES string of the molecule is CC[C@]1(c2ccccc2)NC(=O)N(CC(=O)Nc2cccc(F)c2)C1=O. The van der Waals surface area contributed by atoms with Gasteiger partial charge in [0.15, 0.2) is 0 Å². The fraction of sp³-hybridized carbons (Fsp3) is 0.211. The number of anilines is 1. The second kappa shape index (κ2) is 6.95. The standard InChI is InChI=1S/C19H18FN3O3/c1-2-19(13-7-4-3-5-8-13)17(25)23(18(26)22-19)12-16(24)21-15-10-6-9-14(20)11-15/h3-11H,2,12H2,1H3,(H,21,24)(H,22,26)/t19-/m1/s1. The van der Waals surface area contributed by atoms with Gasteiger partial charge in [-0.25, -0.2) is 9.18 Å². The molecule has 0 bridgehead atoms. The maximum Gasteiger partial charge on any atom is 0.325 e. The molecular formula is C19H18FN3O3. The van der Waals surface area contributed by atoms with Crippen molar-refractivity contribution in [2.24, 2.45) is 0 Å². The largest absolute Gasteiger partial charge is 0.325 e. The van der Waals surface area contributed by atoms with Gasteiger partial charge in [-0.3, -0.25) is 14.5 Å². The molecule has 1 aliphatic rings. The van der Waals surface area contributed by atoms with E-state index in [2.05, 4.69) is 10.6 Å². The number of nitrogens with zero attached hydrogens (tertiary/aromatic N) is 1. The topological polar surface area (TPSA) is 78.5 Å². The van der Waals surface area contributed by atoms with Gasteiger partial charge in [0.05, 0.1) is 0 Å². The van der Waals surface area contributed by atoms with Crippen molar-refractivity contribution in [1.82, 2.24) is 10.2 Å². The Hall–Kier alpha value is -3.22. The summed E-state index contributed by atoms with van der Waals surface area (Å²) in [6, 6.07) is 13.7. The number of hydrogen-bond donors (Lipinski definition) is 2. The first-order valence-corrected chi connectivity index (χ1v) is 8.21. The van der Waals surface area contributed by atoms with Crippen molar-refractivity contribution < 1.29 is 18.8 Å². The van der Waals surface area contributed by atoms with E-state index in [1.54, 1.807) is 31.2 Å². The van der Waals surface area contributed by atoms with Crippen LogP contribution < -0.4 is 10.6 Å². The minimum atomic E-state index is -1.18. The zero-order valence-electron chi connectivity index (χ0n) is 14.2. The number of hydrogen-bond acceptors (Lipinski definition) is 3. The summed E-state index contributed by atoms with van der Waals surface area (Å²) in [7, 11) is 0. The van der Waals surface area contributed by atoms with Crippen LogP contribution in [0.3, 0.4) is 0 Å². The quantitative estimate of drug-likeness (QED) is 0.810. The number of halogens is 1. The molecule has 3 rings (SSSR count). The highest BCUT2D eigenvalue weighted by molar-refractivity contribution is 6.10. The van der Waals surface area contributed by atoms with E-state index in [9.17, 15) is 18.8 Å². The summed E-state index contributed by atoms with van der Waals surface area (Å²) in [4.78, 5) is 38.3. The summed E-state index contributed by atoms with van der Waals surface area (Å²) in [5.74, 6) is -1.56. The lowest BCUT2D eigenvalue weighted by atomic mass is 9.87. The molecule has 1 fully saturated rings. The van der Waals surface area contributed by atoms with Crippen molar-refractivity contribution in [3.8, 4) is 0 Å². The Kier molecular flexibility index (Phi) is 4.71. The van der Waals surface area contributed by atoms with Gasteiger partial charge in [0.2, 0.25) is 5.91 Å². The second-order valence-corrected chi connectivity index (χ2v) is 6.00. The van der Waals surface area contributed by atoms with Crippen LogP contribution in [0.15, 0.2) is 54.6 Å². The smallest absolute Gasteiger partial charge is 0.324 e. The molecule has 134 valence electrons. The lowest BCUT2D eigenvalue weighted by Gasteiger charge is -2.25. The Morgan fingerprint density at radius 2 is 1.88 bits per heavy atom. The predicted octanol–water partition coefficient (Wildman–Crippen LogP) is 2.62. The van der Waals surface area contributed by atoms with E-state index in [-0.39, 0.29) is 5.69 Å². The molecule has 1 aliphatic heterocycles. The zero-order valence-corrected chi connectivity index (χ0v) is 14.2. The number of imide groups is 1. The van der Waals surface area contributed by atoms with E-state index in [4.69, 9.17) is 0 Å². The Morgan fingerprint density at radius 1 is 1.15 bits per heavy atom. The van der Waals surface area contributed by atoms with Gasteiger partial charge in [0, 0.05) is 5.69 Å². The second-order valence-electron chi connectivity index (χ2n) is 6.00. The van der Waals surface area contributed by atoms with Crippen molar-refractivity contribution >= 4 is 23.5 Å². The van der Waals surface area contributed by atoms with Gasteiger partial charge in [0.1, 0.15) is 17.9 Å². The first-order valence-electron chi connectivity index (χ1n) is 8.21. The molecule has 0 saturated carbocycles. The van der Waals surface area contributed by atoms with Crippen LogP contribution in [0.2, 0.25) is 0 Å². The van der Waals surface area contributed by atoms with E-state index in [1.807, 2.05) is 6.07 Å². The lowest BCUT2D eigenvalue weighted by molar-refractivity contribution is -0.134. The monoisotopic (exact) mass is 355 g/mol. The normalized spacial score (nSPS) is 19.4. The highest BCUT2D eigenvalue weighted by atomic mass is 19.1. The minimum absolute atomic E-state index is 0.256. The molecule has 4 amide bonds. The summed E-state index contributed by atoms with van der Waals surface area (Å²) < 4.78 is 13.2. The van der Waals surface area contributed by atoms with Crippen LogP contribution in [-0.2, 0) is 15.1 Å². The molecule has 1 heterocycles. The van der Waals surface area contributed by atoms with E-state index in [0.29, 0.717) is 12.0 Å². The maximum absolute atomic E-state index is 13.2. The summed E-state index contributed by atoms with van der Waals surface area (Å²) in [6.07, 6.45) is 0.351. The highest BCUT2D eigenvalue weighted by Crippen LogP contribution is 2.32. The molecule has 1 atom stereocenters. The van der Waals surface area contributed by atoms with Gasteiger partial charge in [-0.1, -0.05) is 43.3 Å². The molecular weight excluding hydrogens is 337 g/mol. The highest BCUT2D eigenvalue weighted by Gasteiger charge is 2.51. The third kappa shape index (κ3) is 3.15. The number of urea groups is 1. The van der Waals surface area contributed by atoms with Crippen LogP contribution in [0.4, 0.5) is 14.9 Å². The van der Waals surface area contributed by atoms with Crippen molar-refractivity contribution in [3.05, 3.63) is 66.0 Å². The van der Waals surface area contributed by atoms with Crippen LogP contribution in [0.1, 0.15) is 18.9 Å². The third-order valence-corrected chi connectivity index (χ3v) is 4.38. The number of nitrogens with one attached hydrogen (secondary N) is 2. The van der Waals surface area contributed by atoms with Crippen LogP contribution in [0.5, 0.6) is 0 Å². The van der Waals surface area contributed by atoms with E-state index in [0.717, 1.165) is 11.0 Å². The van der Waals surface area contributed by atoms with E-state index < -0.39 is 35.7 Å². The molecule has 0 unspecified atom stereocenters. The Balaban J connectivity index is 1.77. The summed E-state index contributed by atoms with van der Waals surface area (Å²) in [5.41, 5.74) is -0.266. The van der Waals surface area contributed by atoms with Crippen molar-refractivity contribution in [1.29, 1.82) is 0 Å². The first kappa shape index (κ1) is 17.6. The summed E-state index contributed by atoms with van der Waals surface area (Å²) in [5, 5.41) is 5.19. The molecule has 2 aromatic rings. The molecule has 26 heavy (non-hydrogen) atoms. The lowest BCUT2D eigenvalue weighted by Crippen LogP contribution is -2.44. The predicted molar refractivity (Wildman–Crippen MR) is 93.7 cm³/mol. The third-order valence-electron chi connectivity index (χ3n) is 4.38. The van der Waals surface area contributed by atoms with Crippen LogP contribution in [-0.4, -0.2) is 29.3 Å². The fourth-order valence-electron chi connectivity index (χ4n) is 3.04. The maximum atomic E-state index is 13.2. The van der Waals surface area contributed by atoms with Crippen LogP contribution in [0, 0.1) is 5.82 Å². The molecule has 2 aromatic carbocycles.